The molecule has 4 rings (SSSR count). The monoisotopic (exact) mass is 385 g/mol. The molecule has 0 atom stereocenters. The van der Waals surface area contributed by atoms with Gasteiger partial charge in [-0.25, -0.2) is 12.8 Å². The Bertz CT molecular complexity index is 1020. The van der Waals surface area contributed by atoms with Crippen molar-refractivity contribution in [2.75, 3.05) is 31.1 Å². The lowest BCUT2D eigenvalue weighted by molar-refractivity contribution is 0.384. The average Bonchev–Trinajstić information content (AvgIpc) is 3.16. The average molecular weight is 385 g/mol. The van der Waals surface area contributed by atoms with Crippen LogP contribution < -0.4 is 4.90 Å². The van der Waals surface area contributed by atoms with E-state index in [4.69, 9.17) is 0 Å². The number of halogens is 1. The van der Waals surface area contributed by atoms with E-state index in [1.807, 2.05) is 23.1 Å². The number of anilines is 1. The maximum atomic E-state index is 13.8. The van der Waals surface area contributed by atoms with E-state index in [0.29, 0.717) is 36.8 Å². The van der Waals surface area contributed by atoms with Gasteiger partial charge in [-0.15, -0.1) is 0 Å². The van der Waals surface area contributed by atoms with Gasteiger partial charge in [0.1, 0.15) is 17.4 Å². The summed E-state index contributed by atoms with van der Waals surface area (Å²) in [7, 11) is -3.55. The highest BCUT2D eigenvalue weighted by molar-refractivity contribution is 7.89. The molecule has 0 saturated carbocycles. The number of rotatable bonds is 3. The molecular weight excluding hydrogens is 365 g/mol. The number of benzene rings is 2. The molecule has 0 aromatic heterocycles. The van der Waals surface area contributed by atoms with Gasteiger partial charge in [-0.2, -0.15) is 9.57 Å². The zero-order valence-corrected chi connectivity index (χ0v) is 15.7. The number of nitriles is 1. The van der Waals surface area contributed by atoms with Crippen LogP contribution in [0.3, 0.4) is 0 Å². The van der Waals surface area contributed by atoms with Gasteiger partial charge in [0, 0.05) is 26.2 Å². The molecule has 0 N–H and O–H groups in total. The van der Waals surface area contributed by atoms with Crippen molar-refractivity contribution in [1.82, 2.24) is 4.31 Å². The molecule has 2 aromatic carbocycles. The van der Waals surface area contributed by atoms with Crippen molar-refractivity contribution in [3.05, 3.63) is 58.9 Å². The zero-order chi connectivity index (χ0) is 19.0. The summed E-state index contributed by atoms with van der Waals surface area (Å²) < 4.78 is 41.3. The minimum Gasteiger partial charge on any atom is -0.368 e. The lowest BCUT2D eigenvalue weighted by Crippen LogP contribution is -2.48. The van der Waals surface area contributed by atoms with E-state index in [0.717, 1.165) is 24.8 Å². The number of sulfonamides is 1. The largest absolute Gasteiger partial charge is 0.368 e. The Morgan fingerprint density at radius 3 is 2.48 bits per heavy atom. The van der Waals surface area contributed by atoms with Crippen LogP contribution in [0.15, 0.2) is 41.3 Å². The molecule has 1 aliphatic heterocycles. The summed E-state index contributed by atoms with van der Waals surface area (Å²) >= 11 is 0. The van der Waals surface area contributed by atoms with Gasteiger partial charge in [0.25, 0.3) is 0 Å². The number of nitrogens with zero attached hydrogens (tertiary/aromatic N) is 3. The maximum Gasteiger partial charge on any atom is 0.243 e. The molecule has 0 bridgehead atoms. The lowest BCUT2D eigenvalue weighted by atomic mass is 10.1. The summed E-state index contributed by atoms with van der Waals surface area (Å²) in [5.74, 6) is -0.553. The normalized spacial score (nSPS) is 17.6. The standard InChI is InChI=1S/C20H20FN3O2S/c21-19-5-2-6-20(18(19)14-22)23-9-11-24(12-10-23)27(25,26)17-8-7-15-3-1-4-16(15)13-17/h2,5-8,13H,1,3-4,9-12H2. The minimum absolute atomic E-state index is 0.00688. The van der Waals surface area contributed by atoms with Crippen molar-refractivity contribution in [2.24, 2.45) is 0 Å². The summed E-state index contributed by atoms with van der Waals surface area (Å²) in [5, 5.41) is 9.21. The Morgan fingerprint density at radius 1 is 1.00 bits per heavy atom. The Morgan fingerprint density at radius 2 is 1.74 bits per heavy atom. The van der Waals surface area contributed by atoms with E-state index in [1.165, 1.54) is 15.9 Å². The van der Waals surface area contributed by atoms with Crippen LogP contribution in [0.2, 0.25) is 0 Å². The second-order valence-corrected chi connectivity index (χ2v) is 8.86. The molecule has 0 radical (unpaired) electrons. The van der Waals surface area contributed by atoms with Crippen LogP contribution in [0.25, 0.3) is 0 Å². The zero-order valence-electron chi connectivity index (χ0n) is 14.9. The van der Waals surface area contributed by atoms with Crippen molar-refractivity contribution in [1.29, 1.82) is 5.26 Å². The molecule has 0 amide bonds. The van der Waals surface area contributed by atoms with Gasteiger partial charge in [-0.1, -0.05) is 12.1 Å². The van der Waals surface area contributed by atoms with E-state index in [2.05, 4.69) is 0 Å². The highest BCUT2D eigenvalue weighted by Crippen LogP contribution is 2.28. The fourth-order valence-corrected chi connectivity index (χ4v) is 5.39. The Hall–Kier alpha value is -2.43. The van der Waals surface area contributed by atoms with Crippen LogP contribution in [0.1, 0.15) is 23.1 Å². The summed E-state index contributed by atoms with van der Waals surface area (Å²) in [6.45, 7) is 1.45. The number of hydrogen-bond acceptors (Lipinski definition) is 4. The number of aryl methyl sites for hydroxylation is 2. The lowest BCUT2D eigenvalue weighted by Gasteiger charge is -2.35. The van der Waals surface area contributed by atoms with Gasteiger partial charge in [0.15, 0.2) is 0 Å². The van der Waals surface area contributed by atoms with Crippen molar-refractivity contribution in [3.63, 3.8) is 0 Å². The van der Waals surface area contributed by atoms with Gasteiger partial charge < -0.3 is 4.90 Å². The first-order valence-electron chi connectivity index (χ1n) is 9.06. The fraction of sp³-hybridized carbons (Fsp3) is 0.350. The third-order valence-electron chi connectivity index (χ3n) is 5.39. The molecule has 0 unspecified atom stereocenters. The first-order valence-corrected chi connectivity index (χ1v) is 10.5. The van der Waals surface area contributed by atoms with Gasteiger partial charge in [0.2, 0.25) is 10.0 Å². The predicted octanol–water partition coefficient (Wildman–Crippen LogP) is 2.70. The topological polar surface area (TPSA) is 64.4 Å². The Labute approximate surface area is 158 Å². The summed E-state index contributed by atoms with van der Waals surface area (Å²) in [6.07, 6.45) is 3.03. The molecule has 2 aromatic rings. The molecule has 27 heavy (non-hydrogen) atoms. The van der Waals surface area contributed by atoms with Crippen molar-refractivity contribution in [3.8, 4) is 6.07 Å². The van der Waals surface area contributed by atoms with Crippen LogP contribution in [0.4, 0.5) is 10.1 Å². The maximum absolute atomic E-state index is 13.8. The van der Waals surface area contributed by atoms with E-state index >= 15 is 0 Å². The molecule has 5 nitrogen and oxygen atoms in total. The first kappa shape index (κ1) is 18.0. The van der Waals surface area contributed by atoms with Crippen LogP contribution in [-0.4, -0.2) is 38.9 Å². The highest BCUT2D eigenvalue weighted by atomic mass is 32.2. The summed E-state index contributed by atoms with van der Waals surface area (Å²) in [5.41, 5.74) is 2.90. The summed E-state index contributed by atoms with van der Waals surface area (Å²) in [6, 6.07) is 11.9. The second-order valence-electron chi connectivity index (χ2n) is 6.92. The highest BCUT2D eigenvalue weighted by Gasteiger charge is 2.30. The van der Waals surface area contributed by atoms with Crippen LogP contribution in [0.5, 0.6) is 0 Å². The number of fused-ring (bicyclic) bond motifs is 1. The van der Waals surface area contributed by atoms with E-state index in [-0.39, 0.29) is 5.56 Å². The smallest absolute Gasteiger partial charge is 0.243 e. The molecule has 1 aliphatic carbocycles. The van der Waals surface area contributed by atoms with E-state index in [9.17, 15) is 18.1 Å². The van der Waals surface area contributed by atoms with Crippen molar-refractivity contribution < 1.29 is 12.8 Å². The number of hydrogen-bond donors (Lipinski definition) is 0. The van der Waals surface area contributed by atoms with Gasteiger partial charge in [-0.3, -0.25) is 0 Å². The quantitative estimate of drug-likeness (QED) is 0.815. The molecule has 140 valence electrons. The Balaban J connectivity index is 1.52. The SMILES string of the molecule is N#Cc1c(F)cccc1N1CCN(S(=O)(=O)c2ccc3c(c2)CCC3)CC1. The third-order valence-corrected chi connectivity index (χ3v) is 7.29. The molecule has 1 fully saturated rings. The molecule has 7 heteroatoms. The molecule has 0 spiro atoms. The van der Waals surface area contributed by atoms with Gasteiger partial charge in [0.05, 0.1) is 10.6 Å². The predicted molar refractivity (Wildman–Crippen MR) is 101 cm³/mol. The minimum atomic E-state index is -3.55. The van der Waals surface area contributed by atoms with Crippen LogP contribution >= 0.6 is 0 Å². The molecule has 2 aliphatic rings. The van der Waals surface area contributed by atoms with Gasteiger partial charge >= 0.3 is 0 Å². The Kier molecular flexibility index (Phi) is 4.62. The van der Waals surface area contributed by atoms with Crippen molar-refractivity contribution >= 4 is 15.7 Å². The van der Waals surface area contributed by atoms with Gasteiger partial charge in [-0.05, 0) is 54.7 Å². The summed E-state index contributed by atoms with van der Waals surface area (Å²) in [4.78, 5) is 2.22. The molecule has 1 heterocycles. The van der Waals surface area contributed by atoms with Crippen molar-refractivity contribution in [2.45, 2.75) is 24.2 Å². The molecular formula is C20H20FN3O2S. The van der Waals surface area contributed by atoms with Crippen LogP contribution in [-0.2, 0) is 22.9 Å². The third kappa shape index (κ3) is 3.20. The van der Waals surface area contributed by atoms with E-state index < -0.39 is 15.8 Å². The van der Waals surface area contributed by atoms with Crippen LogP contribution in [0, 0.1) is 17.1 Å². The number of piperazine rings is 1. The van der Waals surface area contributed by atoms with E-state index in [1.54, 1.807) is 18.2 Å². The molecule has 1 saturated heterocycles. The second kappa shape index (κ2) is 6.95. The first-order chi connectivity index (χ1) is 13.0. The fourth-order valence-electron chi connectivity index (χ4n) is 3.91.